The van der Waals surface area contributed by atoms with Gasteiger partial charge in [-0.15, -0.1) is 0 Å². The lowest BCUT2D eigenvalue weighted by atomic mass is 10.0. The SMILES string of the molecule is C[C@@H](CCc1ccc(O)cc1)NCc1ccccc1C(F)(F)F. The number of rotatable bonds is 6. The van der Waals surface area contributed by atoms with E-state index in [2.05, 4.69) is 5.32 Å². The van der Waals surface area contributed by atoms with Gasteiger partial charge in [-0.2, -0.15) is 13.2 Å². The predicted octanol–water partition coefficient (Wildman–Crippen LogP) is 4.52. The lowest BCUT2D eigenvalue weighted by Crippen LogP contribution is -2.27. The molecule has 0 aliphatic carbocycles. The van der Waals surface area contributed by atoms with Gasteiger partial charge in [0.15, 0.2) is 0 Å². The summed E-state index contributed by atoms with van der Waals surface area (Å²) in [6, 6.07) is 12.7. The molecule has 0 unspecified atom stereocenters. The summed E-state index contributed by atoms with van der Waals surface area (Å²) in [6.07, 6.45) is -2.72. The van der Waals surface area contributed by atoms with Crippen LogP contribution in [0.25, 0.3) is 0 Å². The highest BCUT2D eigenvalue weighted by molar-refractivity contribution is 5.29. The van der Waals surface area contributed by atoms with Crippen LogP contribution < -0.4 is 5.32 Å². The van der Waals surface area contributed by atoms with E-state index in [0.29, 0.717) is 0 Å². The lowest BCUT2D eigenvalue weighted by Gasteiger charge is -2.17. The molecule has 0 aliphatic rings. The second kappa shape index (κ2) is 7.51. The molecule has 0 heterocycles. The summed E-state index contributed by atoms with van der Waals surface area (Å²) in [5.74, 6) is 0.226. The molecule has 1 atom stereocenters. The Balaban J connectivity index is 1.87. The zero-order valence-corrected chi connectivity index (χ0v) is 12.9. The van der Waals surface area contributed by atoms with Gasteiger partial charge in [0.25, 0.3) is 0 Å². The van der Waals surface area contributed by atoms with E-state index < -0.39 is 11.7 Å². The van der Waals surface area contributed by atoms with Crippen LogP contribution in [-0.4, -0.2) is 11.1 Å². The topological polar surface area (TPSA) is 32.3 Å². The van der Waals surface area contributed by atoms with Crippen LogP contribution in [0, 0.1) is 0 Å². The zero-order valence-electron chi connectivity index (χ0n) is 12.9. The standard InChI is InChI=1S/C18H20F3NO/c1-13(6-7-14-8-10-16(23)11-9-14)22-12-15-4-2-3-5-17(15)18(19,20)21/h2-5,8-11,13,22-23H,6-7,12H2,1H3/t13-/m0/s1. The fourth-order valence-corrected chi connectivity index (χ4v) is 2.38. The normalized spacial score (nSPS) is 13.0. The van der Waals surface area contributed by atoms with Crippen LogP contribution in [0.2, 0.25) is 0 Å². The number of nitrogens with one attached hydrogen (secondary N) is 1. The Morgan fingerprint density at radius 3 is 2.35 bits per heavy atom. The van der Waals surface area contributed by atoms with Gasteiger partial charge < -0.3 is 10.4 Å². The average Bonchev–Trinajstić information content (AvgIpc) is 2.52. The molecule has 23 heavy (non-hydrogen) atoms. The fraction of sp³-hybridized carbons (Fsp3) is 0.333. The van der Waals surface area contributed by atoms with Crippen LogP contribution in [0.1, 0.15) is 30.0 Å². The fourth-order valence-electron chi connectivity index (χ4n) is 2.38. The summed E-state index contributed by atoms with van der Waals surface area (Å²) in [6.45, 7) is 2.14. The van der Waals surface area contributed by atoms with E-state index in [1.807, 2.05) is 19.1 Å². The Bertz CT molecular complexity index is 623. The number of benzene rings is 2. The third-order valence-electron chi connectivity index (χ3n) is 3.77. The maximum Gasteiger partial charge on any atom is 0.416 e. The molecule has 2 aromatic carbocycles. The molecule has 5 heteroatoms. The van der Waals surface area contributed by atoms with Gasteiger partial charge in [0, 0.05) is 12.6 Å². The van der Waals surface area contributed by atoms with Crippen molar-refractivity contribution in [3.8, 4) is 5.75 Å². The molecular weight excluding hydrogens is 303 g/mol. The van der Waals surface area contributed by atoms with Crippen LogP contribution in [-0.2, 0) is 19.1 Å². The first-order valence-corrected chi connectivity index (χ1v) is 7.52. The first kappa shape index (κ1) is 17.3. The first-order valence-electron chi connectivity index (χ1n) is 7.52. The van der Waals surface area contributed by atoms with Crippen molar-refractivity contribution >= 4 is 0 Å². The zero-order chi connectivity index (χ0) is 16.9. The Kier molecular flexibility index (Phi) is 5.66. The number of hydrogen-bond acceptors (Lipinski definition) is 2. The molecule has 0 aliphatic heterocycles. The van der Waals surface area contributed by atoms with E-state index in [-0.39, 0.29) is 23.9 Å². The molecule has 124 valence electrons. The molecule has 2 N–H and O–H groups in total. The third kappa shape index (κ3) is 5.28. The van der Waals surface area contributed by atoms with Crippen molar-refractivity contribution in [3.05, 3.63) is 65.2 Å². The van der Waals surface area contributed by atoms with E-state index in [4.69, 9.17) is 0 Å². The number of phenols is 1. The quantitative estimate of drug-likeness (QED) is 0.819. The van der Waals surface area contributed by atoms with E-state index in [1.54, 1.807) is 18.2 Å². The Morgan fingerprint density at radius 1 is 1.04 bits per heavy atom. The molecular formula is C18H20F3NO. The summed E-state index contributed by atoms with van der Waals surface area (Å²) < 4.78 is 38.8. The van der Waals surface area contributed by atoms with Gasteiger partial charge >= 0.3 is 6.18 Å². The van der Waals surface area contributed by atoms with Crippen molar-refractivity contribution in [3.63, 3.8) is 0 Å². The van der Waals surface area contributed by atoms with Crippen LogP contribution in [0.5, 0.6) is 5.75 Å². The molecule has 0 amide bonds. The smallest absolute Gasteiger partial charge is 0.416 e. The van der Waals surface area contributed by atoms with Crippen LogP contribution in [0.15, 0.2) is 48.5 Å². The largest absolute Gasteiger partial charge is 0.508 e. The van der Waals surface area contributed by atoms with Crippen molar-refractivity contribution in [1.29, 1.82) is 0 Å². The first-order chi connectivity index (χ1) is 10.9. The van der Waals surface area contributed by atoms with E-state index in [0.717, 1.165) is 24.5 Å². The molecule has 2 nitrogen and oxygen atoms in total. The molecule has 2 rings (SSSR count). The van der Waals surface area contributed by atoms with Gasteiger partial charge in [0.2, 0.25) is 0 Å². The number of aryl methyl sites for hydroxylation is 1. The van der Waals surface area contributed by atoms with Gasteiger partial charge in [-0.05, 0) is 49.1 Å². The molecule has 0 saturated carbocycles. The molecule has 0 bridgehead atoms. The summed E-state index contributed by atoms with van der Waals surface area (Å²) >= 11 is 0. The Hall–Kier alpha value is -2.01. The number of halogens is 3. The van der Waals surface area contributed by atoms with Crippen molar-refractivity contribution in [2.24, 2.45) is 0 Å². The molecule has 0 spiro atoms. The number of aromatic hydroxyl groups is 1. The highest BCUT2D eigenvalue weighted by Crippen LogP contribution is 2.31. The number of hydrogen-bond donors (Lipinski definition) is 2. The van der Waals surface area contributed by atoms with Gasteiger partial charge in [-0.3, -0.25) is 0 Å². The maximum absolute atomic E-state index is 12.9. The number of alkyl halides is 3. The van der Waals surface area contributed by atoms with E-state index >= 15 is 0 Å². The summed E-state index contributed by atoms with van der Waals surface area (Å²) in [5.41, 5.74) is 0.766. The average molecular weight is 323 g/mol. The highest BCUT2D eigenvalue weighted by atomic mass is 19.4. The summed E-state index contributed by atoms with van der Waals surface area (Å²) in [4.78, 5) is 0. The summed E-state index contributed by atoms with van der Waals surface area (Å²) in [7, 11) is 0. The minimum atomic E-state index is -4.33. The lowest BCUT2D eigenvalue weighted by molar-refractivity contribution is -0.138. The van der Waals surface area contributed by atoms with Crippen LogP contribution in [0.4, 0.5) is 13.2 Å². The van der Waals surface area contributed by atoms with Crippen molar-refractivity contribution in [2.75, 3.05) is 0 Å². The second-order valence-corrected chi connectivity index (χ2v) is 5.64. The molecule has 0 aromatic heterocycles. The highest BCUT2D eigenvalue weighted by Gasteiger charge is 2.32. The Labute approximate surface area is 134 Å². The monoisotopic (exact) mass is 323 g/mol. The Morgan fingerprint density at radius 2 is 1.70 bits per heavy atom. The molecule has 0 radical (unpaired) electrons. The molecule has 0 fully saturated rings. The van der Waals surface area contributed by atoms with E-state index in [1.165, 1.54) is 12.1 Å². The van der Waals surface area contributed by atoms with Crippen molar-refractivity contribution in [1.82, 2.24) is 5.32 Å². The third-order valence-corrected chi connectivity index (χ3v) is 3.77. The minimum absolute atomic E-state index is 0.0880. The summed E-state index contributed by atoms with van der Waals surface area (Å²) in [5, 5.41) is 12.4. The van der Waals surface area contributed by atoms with Gasteiger partial charge in [0.1, 0.15) is 5.75 Å². The number of phenolic OH excluding ortho intramolecular Hbond substituents is 1. The van der Waals surface area contributed by atoms with Gasteiger partial charge in [0.05, 0.1) is 5.56 Å². The maximum atomic E-state index is 12.9. The van der Waals surface area contributed by atoms with Gasteiger partial charge in [-0.25, -0.2) is 0 Å². The second-order valence-electron chi connectivity index (χ2n) is 5.64. The van der Waals surface area contributed by atoms with E-state index in [9.17, 15) is 18.3 Å². The van der Waals surface area contributed by atoms with Crippen molar-refractivity contribution in [2.45, 2.75) is 38.5 Å². The van der Waals surface area contributed by atoms with Gasteiger partial charge in [-0.1, -0.05) is 30.3 Å². The van der Waals surface area contributed by atoms with Crippen molar-refractivity contribution < 1.29 is 18.3 Å². The minimum Gasteiger partial charge on any atom is -0.508 e. The van der Waals surface area contributed by atoms with Crippen LogP contribution >= 0.6 is 0 Å². The van der Waals surface area contributed by atoms with Crippen LogP contribution in [0.3, 0.4) is 0 Å². The predicted molar refractivity (Wildman–Crippen MR) is 84.2 cm³/mol. The molecule has 2 aromatic rings. The molecule has 0 saturated heterocycles.